The first-order valence-electron chi connectivity index (χ1n) is 7.66. The van der Waals surface area contributed by atoms with Gasteiger partial charge in [-0.15, -0.1) is 0 Å². The third-order valence-corrected chi connectivity index (χ3v) is 4.16. The van der Waals surface area contributed by atoms with Crippen molar-refractivity contribution in [2.75, 3.05) is 6.54 Å². The van der Waals surface area contributed by atoms with Crippen LogP contribution in [0.4, 0.5) is 0 Å². The van der Waals surface area contributed by atoms with Crippen LogP contribution in [0, 0.1) is 5.92 Å². The molecular formula is C16H27NO. The Morgan fingerprint density at radius 1 is 1.33 bits per heavy atom. The highest BCUT2D eigenvalue weighted by molar-refractivity contribution is 4.99. The van der Waals surface area contributed by atoms with E-state index in [1.165, 1.54) is 44.9 Å². The van der Waals surface area contributed by atoms with Gasteiger partial charge in [0.2, 0.25) is 0 Å². The molecule has 0 amide bonds. The highest BCUT2D eigenvalue weighted by Gasteiger charge is 2.22. The highest BCUT2D eigenvalue weighted by atomic mass is 16.3. The molecule has 1 aliphatic rings. The lowest BCUT2D eigenvalue weighted by Gasteiger charge is -2.31. The van der Waals surface area contributed by atoms with E-state index >= 15 is 0 Å². The van der Waals surface area contributed by atoms with E-state index in [1.807, 2.05) is 6.07 Å². The quantitative estimate of drug-likeness (QED) is 0.785. The Morgan fingerprint density at radius 2 is 2.17 bits per heavy atom. The van der Waals surface area contributed by atoms with Gasteiger partial charge in [0.15, 0.2) is 0 Å². The zero-order chi connectivity index (χ0) is 12.6. The Morgan fingerprint density at radius 3 is 2.83 bits per heavy atom. The second-order valence-corrected chi connectivity index (χ2v) is 5.58. The van der Waals surface area contributed by atoms with Crippen molar-refractivity contribution in [1.29, 1.82) is 0 Å². The molecule has 102 valence electrons. The van der Waals surface area contributed by atoms with E-state index in [9.17, 15) is 0 Å². The minimum Gasteiger partial charge on any atom is -0.469 e. The molecule has 2 rings (SSSR count). The van der Waals surface area contributed by atoms with Crippen molar-refractivity contribution in [3.8, 4) is 0 Å². The fourth-order valence-electron chi connectivity index (χ4n) is 3.12. The van der Waals surface area contributed by atoms with Crippen molar-refractivity contribution >= 4 is 0 Å². The fourth-order valence-corrected chi connectivity index (χ4v) is 3.12. The number of hydrogen-bond donors (Lipinski definition) is 1. The highest BCUT2D eigenvalue weighted by Crippen LogP contribution is 2.28. The summed E-state index contributed by atoms with van der Waals surface area (Å²) in [6, 6.07) is 4.78. The lowest BCUT2D eigenvalue weighted by Crippen LogP contribution is -2.38. The van der Waals surface area contributed by atoms with Gasteiger partial charge in [-0.05, 0) is 50.3 Å². The van der Waals surface area contributed by atoms with Gasteiger partial charge in [-0.3, -0.25) is 0 Å². The van der Waals surface area contributed by atoms with Crippen LogP contribution in [0.1, 0.15) is 57.6 Å². The number of hydrogen-bond acceptors (Lipinski definition) is 2. The van der Waals surface area contributed by atoms with E-state index < -0.39 is 0 Å². The zero-order valence-electron chi connectivity index (χ0n) is 11.7. The smallest absolute Gasteiger partial charge is 0.103 e. The maximum absolute atomic E-state index is 5.45. The molecule has 0 aliphatic heterocycles. The Hall–Kier alpha value is -0.760. The molecule has 0 radical (unpaired) electrons. The standard InChI is InChI=1S/C16H27NO/c1-2-12-17-16(14-7-4-3-5-8-14)11-10-15-9-6-13-18-15/h6,9,13-14,16-17H,2-5,7-8,10-12H2,1H3. The normalized spacial score (nSPS) is 18.9. The van der Waals surface area contributed by atoms with Gasteiger partial charge in [-0.2, -0.15) is 0 Å². The van der Waals surface area contributed by atoms with E-state index in [2.05, 4.69) is 18.3 Å². The summed E-state index contributed by atoms with van der Waals surface area (Å²) in [6.07, 6.45) is 12.4. The van der Waals surface area contributed by atoms with Crippen LogP contribution >= 0.6 is 0 Å². The van der Waals surface area contributed by atoms with Crippen molar-refractivity contribution in [3.63, 3.8) is 0 Å². The van der Waals surface area contributed by atoms with Crippen LogP contribution in [0.5, 0.6) is 0 Å². The van der Waals surface area contributed by atoms with Gasteiger partial charge < -0.3 is 9.73 Å². The van der Waals surface area contributed by atoms with Crippen LogP contribution in [0.2, 0.25) is 0 Å². The summed E-state index contributed by atoms with van der Waals surface area (Å²) in [5.74, 6) is 2.02. The Labute approximate surface area is 111 Å². The largest absolute Gasteiger partial charge is 0.469 e. The van der Waals surface area contributed by atoms with Gasteiger partial charge in [0.05, 0.1) is 6.26 Å². The van der Waals surface area contributed by atoms with Gasteiger partial charge >= 0.3 is 0 Å². The fraction of sp³-hybridized carbons (Fsp3) is 0.750. The van der Waals surface area contributed by atoms with E-state index in [1.54, 1.807) is 6.26 Å². The summed E-state index contributed by atoms with van der Waals surface area (Å²) in [5, 5.41) is 3.76. The molecule has 2 heteroatoms. The predicted molar refractivity (Wildman–Crippen MR) is 75.7 cm³/mol. The Balaban J connectivity index is 1.83. The topological polar surface area (TPSA) is 25.2 Å². The molecule has 1 fully saturated rings. The zero-order valence-corrected chi connectivity index (χ0v) is 11.7. The van der Waals surface area contributed by atoms with Crippen LogP contribution in [0.3, 0.4) is 0 Å². The minimum absolute atomic E-state index is 0.690. The summed E-state index contributed by atoms with van der Waals surface area (Å²) in [5.41, 5.74) is 0. The van der Waals surface area contributed by atoms with Crippen molar-refractivity contribution in [1.82, 2.24) is 5.32 Å². The molecular weight excluding hydrogens is 222 g/mol. The van der Waals surface area contributed by atoms with E-state index in [0.717, 1.165) is 24.6 Å². The molecule has 0 aromatic carbocycles. The molecule has 1 N–H and O–H groups in total. The molecule has 1 aliphatic carbocycles. The monoisotopic (exact) mass is 249 g/mol. The van der Waals surface area contributed by atoms with Crippen molar-refractivity contribution < 1.29 is 4.42 Å². The lowest BCUT2D eigenvalue weighted by atomic mass is 9.82. The molecule has 1 unspecified atom stereocenters. The first kappa shape index (κ1) is 13.7. The van der Waals surface area contributed by atoms with Crippen molar-refractivity contribution in [3.05, 3.63) is 24.2 Å². The van der Waals surface area contributed by atoms with E-state index in [4.69, 9.17) is 4.42 Å². The molecule has 1 aromatic rings. The Bertz CT molecular complexity index is 301. The summed E-state index contributed by atoms with van der Waals surface area (Å²) < 4.78 is 5.45. The van der Waals surface area contributed by atoms with Crippen molar-refractivity contribution in [2.24, 2.45) is 5.92 Å². The number of furan rings is 1. The molecule has 0 spiro atoms. The van der Waals surface area contributed by atoms with Gasteiger partial charge in [-0.25, -0.2) is 0 Å². The minimum atomic E-state index is 0.690. The van der Waals surface area contributed by atoms with Gasteiger partial charge in [-0.1, -0.05) is 26.2 Å². The van der Waals surface area contributed by atoms with Gasteiger partial charge in [0, 0.05) is 12.5 Å². The molecule has 18 heavy (non-hydrogen) atoms. The molecule has 1 atom stereocenters. The van der Waals surface area contributed by atoms with Crippen LogP contribution in [-0.2, 0) is 6.42 Å². The lowest BCUT2D eigenvalue weighted by molar-refractivity contribution is 0.255. The maximum Gasteiger partial charge on any atom is 0.103 e. The number of rotatable bonds is 7. The van der Waals surface area contributed by atoms with Crippen LogP contribution in [-0.4, -0.2) is 12.6 Å². The molecule has 2 nitrogen and oxygen atoms in total. The summed E-state index contributed by atoms with van der Waals surface area (Å²) in [7, 11) is 0. The third-order valence-electron chi connectivity index (χ3n) is 4.16. The number of aryl methyl sites for hydroxylation is 1. The van der Waals surface area contributed by atoms with Crippen LogP contribution in [0.15, 0.2) is 22.8 Å². The Kier molecular flexibility index (Phi) is 5.79. The maximum atomic E-state index is 5.45. The average Bonchev–Trinajstić information content (AvgIpc) is 2.93. The molecule has 1 saturated carbocycles. The van der Waals surface area contributed by atoms with Crippen LogP contribution < -0.4 is 5.32 Å². The first-order valence-corrected chi connectivity index (χ1v) is 7.66. The number of nitrogens with one attached hydrogen (secondary N) is 1. The molecule has 1 aromatic heterocycles. The first-order chi connectivity index (χ1) is 8.90. The van der Waals surface area contributed by atoms with E-state index in [0.29, 0.717) is 6.04 Å². The van der Waals surface area contributed by atoms with Gasteiger partial charge in [0.1, 0.15) is 5.76 Å². The SMILES string of the molecule is CCCNC(CCc1ccco1)C1CCCCC1. The second-order valence-electron chi connectivity index (χ2n) is 5.58. The van der Waals surface area contributed by atoms with Crippen molar-refractivity contribution in [2.45, 2.75) is 64.3 Å². The molecule has 0 saturated heterocycles. The average molecular weight is 249 g/mol. The predicted octanol–water partition coefficient (Wildman–Crippen LogP) is 4.16. The summed E-state index contributed by atoms with van der Waals surface area (Å²) in [6.45, 7) is 3.40. The second kappa shape index (κ2) is 7.63. The van der Waals surface area contributed by atoms with Gasteiger partial charge in [0.25, 0.3) is 0 Å². The third kappa shape index (κ3) is 4.16. The molecule has 0 bridgehead atoms. The summed E-state index contributed by atoms with van der Waals surface area (Å²) >= 11 is 0. The van der Waals surface area contributed by atoms with Crippen LogP contribution in [0.25, 0.3) is 0 Å². The van der Waals surface area contributed by atoms with E-state index in [-0.39, 0.29) is 0 Å². The summed E-state index contributed by atoms with van der Waals surface area (Å²) in [4.78, 5) is 0. The molecule has 1 heterocycles.